The maximum Gasteiger partial charge on any atom is 0.340 e. The lowest BCUT2D eigenvalue weighted by Gasteiger charge is -2.18. The minimum atomic E-state index is -0.856. The summed E-state index contributed by atoms with van der Waals surface area (Å²) in [7, 11) is 0. The van der Waals surface area contributed by atoms with Gasteiger partial charge in [0.15, 0.2) is 6.10 Å². The van der Waals surface area contributed by atoms with Crippen LogP contribution in [-0.2, 0) is 9.53 Å². The van der Waals surface area contributed by atoms with Gasteiger partial charge >= 0.3 is 5.97 Å². The van der Waals surface area contributed by atoms with Crippen molar-refractivity contribution in [2.45, 2.75) is 32.3 Å². The molecule has 0 radical (unpaired) electrons. The van der Waals surface area contributed by atoms with Crippen molar-refractivity contribution >= 4 is 11.9 Å². The lowest BCUT2D eigenvalue weighted by atomic mass is 9.96. The van der Waals surface area contributed by atoms with Crippen LogP contribution in [0.5, 0.6) is 0 Å². The number of nitrogens with zero attached hydrogens (tertiary/aromatic N) is 1. The molecular weight excluding hydrogens is 304 g/mol. The average molecular weight is 326 g/mol. The number of aromatic nitrogens is 1. The summed E-state index contributed by atoms with van der Waals surface area (Å²) in [4.78, 5) is 28.0. The molecule has 24 heavy (non-hydrogen) atoms. The largest absolute Gasteiger partial charge is 0.449 e. The number of esters is 1. The smallest absolute Gasteiger partial charge is 0.340 e. The molecule has 0 aliphatic carbocycles. The van der Waals surface area contributed by atoms with Crippen molar-refractivity contribution in [1.29, 1.82) is 0 Å². The molecule has 0 unspecified atom stereocenters. The summed E-state index contributed by atoms with van der Waals surface area (Å²) >= 11 is 0. The van der Waals surface area contributed by atoms with Crippen LogP contribution in [0.25, 0.3) is 0 Å². The van der Waals surface area contributed by atoms with Crippen LogP contribution in [0.15, 0.2) is 54.9 Å². The van der Waals surface area contributed by atoms with Gasteiger partial charge in [-0.25, -0.2) is 4.79 Å². The van der Waals surface area contributed by atoms with Crippen LogP contribution in [0.3, 0.4) is 0 Å². The summed E-state index contributed by atoms with van der Waals surface area (Å²) in [6, 6.07) is 13.3. The van der Waals surface area contributed by atoms with Gasteiger partial charge in [-0.1, -0.05) is 37.3 Å². The van der Waals surface area contributed by atoms with Crippen molar-refractivity contribution in [2.24, 2.45) is 0 Å². The zero-order chi connectivity index (χ0) is 17.4. The number of hydrogen-bond donors (Lipinski definition) is 1. The Morgan fingerprint density at radius 3 is 2.54 bits per heavy atom. The molecule has 5 heteroatoms. The van der Waals surface area contributed by atoms with Crippen molar-refractivity contribution < 1.29 is 14.3 Å². The van der Waals surface area contributed by atoms with E-state index >= 15 is 0 Å². The number of carbonyl (C=O) groups excluding carboxylic acids is 2. The van der Waals surface area contributed by atoms with E-state index in [0.717, 1.165) is 6.42 Å². The fourth-order valence-corrected chi connectivity index (χ4v) is 2.36. The normalized spacial score (nSPS) is 12.9. The van der Waals surface area contributed by atoms with Gasteiger partial charge in [0.2, 0.25) is 0 Å². The third-order valence-corrected chi connectivity index (χ3v) is 3.84. The van der Waals surface area contributed by atoms with E-state index in [1.165, 1.54) is 11.8 Å². The Kier molecular flexibility index (Phi) is 6.49. The topological polar surface area (TPSA) is 68.3 Å². The minimum Gasteiger partial charge on any atom is -0.449 e. The van der Waals surface area contributed by atoms with Crippen LogP contribution < -0.4 is 5.32 Å². The van der Waals surface area contributed by atoms with E-state index in [2.05, 4.69) is 17.2 Å². The number of rotatable bonds is 7. The highest BCUT2D eigenvalue weighted by Crippen LogP contribution is 2.18. The average Bonchev–Trinajstić information content (AvgIpc) is 2.63. The minimum absolute atomic E-state index is 0.233. The zero-order valence-corrected chi connectivity index (χ0v) is 13.9. The van der Waals surface area contributed by atoms with Gasteiger partial charge in [-0.15, -0.1) is 0 Å². The van der Waals surface area contributed by atoms with E-state index in [1.807, 2.05) is 30.3 Å². The van der Waals surface area contributed by atoms with Crippen LogP contribution in [0.4, 0.5) is 0 Å². The van der Waals surface area contributed by atoms with E-state index in [-0.39, 0.29) is 11.8 Å². The van der Waals surface area contributed by atoms with Gasteiger partial charge in [0.25, 0.3) is 5.91 Å². The highest BCUT2D eigenvalue weighted by atomic mass is 16.5. The Hall–Kier alpha value is -2.69. The lowest BCUT2D eigenvalue weighted by Crippen LogP contribution is -2.38. The van der Waals surface area contributed by atoms with Crippen molar-refractivity contribution in [3.63, 3.8) is 0 Å². The molecule has 5 nitrogen and oxygen atoms in total. The van der Waals surface area contributed by atoms with Crippen LogP contribution in [0.2, 0.25) is 0 Å². The van der Waals surface area contributed by atoms with E-state index < -0.39 is 12.1 Å². The number of ether oxygens (including phenoxy) is 1. The van der Waals surface area contributed by atoms with Gasteiger partial charge in [0.05, 0.1) is 5.56 Å². The Morgan fingerprint density at radius 2 is 1.92 bits per heavy atom. The monoisotopic (exact) mass is 326 g/mol. The SMILES string of the molecule is CC[C@H](CNC(=O)[C@H](C)OC(=O)c1cccnc1)c1ccccc1. The van der Waals surface area contributed by atoms with Crippen molar-refractivity contribution in [1.82, 2.24) is 10.3 Å². The molecule has 1 N–H and O–H groups in total. The lowest BCUT2D eigenvalue weighted by molar-refractivity contribution is -0.129. The molecule has 0 saturated heterocycles. The number of benzene rings is 1. The van der Waals surface area contributed by atoms with Crippen molar-refractivity contribution in [3.05, 3.63) is 66.0 Å². The van der Waals surface area contributed by atoms with Gasteiger partial charge in [-0.2, -0.15) is 0 Å². The number of nitrogens with one attached hydrogen (secondary N) is 1. The Balaban J connectivity index is 1.86. The van der Waals surface area contributed by atoms with Crippen molar-refractivity contribution in [3.8, 4) is 0 Å². The summed E-state index contributed by atoms with van der Waals surface area (Å²) in [6.45, 7) is 4.15. The van der Waals surface area contributed by atoms with E-state index in [0.29, 0.717) is 12.1 Å². The van der Waals surface area contributed by atoms with Crippen LogP contribution in [-0.4, -0.2) is 29.5 Å². The molecule has 1 aromatic carbocycles. The molecule has 0 fully saturated rings. The second kappa shape index (κ2) is 8.82. The molecule has 0 aliphatic heterocycles. The van der Waals surface area contributed by atoms with Gasteiger partial charge < -0.3 is 10.1 Å². The Bertz CT molecular complexity index is 659. The van der Waals surface area contributed by atoms with Gasteiger partial charge in [-0.05, 0) is 31.0 Å². The molecule has 2 atom stereocenters. The summed E-state index contributed by atoms with van der Waals surface area (Å²) in [5, 5.41) is 2.86. The number of hydrogen-bond acceptors (Lipinski definition) is 4. The van der Waals surface area contributed by atoms with Gasteiger partial charge in [0, 0.05) is 24.9 Å². The fraction of sp³-hybridized carbons (Fsp3) is 0.316. The molecule has 0 spiro atoms. The predicted octanol–water partition coefficient (Wildman–Crippen LogP) is 2.94. The quantitative estimate of drug-likeness (QED) is 0.794. The molecular formula is C19H22N2O3. The van der Waals surface area contributed by atoms with Crippen molar-refractivity contribution in [2.75, 3.05) is 6.54 Å². The van der Waals surface area contributed by atoms with E-state index in [9.17, 15) is 9.59 Å². The highest BCUT2D eigenvalue weighted by molar-refractivity contribution is 5.91. The third-order valence-electron chi connectivity index (χ3n) is 3.84. The van der Waals surface area contributed by atoms with E-state index in [4.69, 9.17) is 4.74 Å². The summed E-state index contributed by atoms with van der Waals surface area (Å²) in [6.07, 6.45) is 3.04. The first-order valence-corrected chi connectivity index (χ1v) is 8.05. The first kappa shape index (κ1) is 17.7. The second-order valence-electron chi connectivity index (χ2n) is 5.55. The fourth-order valence-electron chi connectivity index (χ4n) is 2.36. The highest BCUT2D eigenvalue weighted by Gasteiger charge is 2.20. The molecule has 2 aromatic rings. The number of carbonyl (C=O) groups is 2. The summed E-state index contributed by atoms with van der Waals surface area (Å²) in [5.41, 5.74) is 1.51. The zero-order valence-electron chi connectivity index (χ0n) is 13.9. The van der Waals surface area contributed by atoms with Crippen LogP contribution in [0, 0.1) is 0 Å². The Labute approximate surface area is 142 Å². The Morgan fingerprint density at radius 1 is 1.17 bits per heavy atom. The molecule has 0 aliphatic rings. The maximum absolute atomic E-state index is 12.2. The number of amides is 1. The van der Waals surface area contributed by atoms with Gasteiger partial charge in [-0.3, -0.25) is 9.78 Å². The summed E-state index contributed by atoms with van der Waals surface area (Å²) < 4.78 is 5.18. The van der Waals surface area contributed by atoms with Crippen LogP contribution >= 0.6 is 0 Å². The number of pyridine rings is 1. The second-order valence-corrected chi connectivity index (χ2v) is 5.55. The molecule has 126 valence electrons. The summed E-state index contributed by atoms with van der Waals surface area (Å²) in [5.74, 6) is -0.626. The van der Waals surface area contributed by atoms with Crippen LogP contribution in [0.1, 0.15) is 42.1 Å². The first-order chi connectivity index (χ1) is 11.6. The molecule has 2 rings (SSSR count). The maximum atomic E-state index is 12.2. The third kappa shape index (κ3) is 4.91. The molecule has 0 saturated carbocycles. The molecule has 1 amide bonds. The predicted molar refractivity (Wildman–Crippen MR) is 91.6 cm³/mol. The van der Waals surface area contributed by atoms with E-state index in [1.54, 1.807) is 25.3 Å². The molecule has 1 heterocycles. The molecule has 0 bridgehead atoms. The first-order valence-electron chi connectivity index (χ1n) is 8.05. The standard InChI is InChI=1S/C19H22N2O3/c1-3-15(16-8-5-4-6-9-16)13-21-18(22)14(2)24-19(23)17-10-7-11-20-12-17/h4-12,14-15H,3,13H2,1-2H3,(H,21,22)/t14-,15+/m0/s1. The van der Waals surface area contributed by atoms with Gasteiger partial charge in [0.1, 0.15) is 0 Å². The molecule has 1 aromatic heterocycles.